The average Bonchev–Trinajstić information content (AvgIpc) is 3.58. The van der Waals surface area contributed by atoms with Crippen LogP contribution >= 0.6 is 0 Å². The van der Waals surface area contributed by atoms with Crippen molar-refractivity contribution in [2.24, 2.45) is 35.5 Å². The van der Waals surface area contributed by atoms with Gasteiger partial charge in [-0.05, 0) is 67.4 Å². The first-order valence-corrected chi connectivity index (χ1v) is 19.0. The molecule has 0 amide bonds. The smallest absolute Gasteiger partial charge is 0.309 e. The van der Waals surface area contributed by atoms with Gasteiger partial charge in [-0.25, -0.2) is 0 Å². The minimum atomic E-state index is -0.872. The number of esters is 2. The van der Waals surface area contributed by atoms with Gasteiger partial charge < -0.3 is 19.7 Å². The number of aliphatic hydroxyl groups is 2. The molecule has 0 spiro atoms. The first kappa shape index (κ1) is 39.8. The maximum Gasteiger partial charge on any atom is 0.309 e. The maximum atomic E-state index is 13.4. The lowest BCUT2D eigenvalue weighted by atomic mass is 9.82. The van der Waals surface area contributed by atoms with Gasteiger partial charge in [-0.15, -0.1) is 0 Å². The van der Waals surface area contributed by atoms with Crippen molar-refractivity contribution in [2.75, 3.05) is 39.3 Å². The topological polar surface area (TPSA) is 123 Å². The molecule has 9 nitrogen and oxygen atoms in total. The van der Waals surface area contributed by atoms with E-state index in [1.165, 1.54) is 5.56 Å². The van der Waals surface area contributed by atoms with Crippen molar-refractivity contribution >= 4 is 11.9 Å². The molecule has 0 aromatic heterocycles. The minimum Gasteiger partial charge on any atom is -0.464 e. The quantitative estimate of drug-likeness (QED) is 0.336. The number of hydrogen-bond acceptors (Lipinski definition) is 9. The van der Waals surface area contributed by atoms with Gasteiger partial charge in [0.15, 0.2) is 0 Å². The Morgan fingerprint density at radius 2 is 1.64 bits per heavy atom. The zero-order chi connectivity index (χ0) is 36.0. The Hall–Kier alpha value is -3.03. The largest absolute Gasteiger partial charge is 0.464 e. The normalized spacial score (nSPS) is 34.7. The number of carbonyl (C=O) groups excluding carboxylic acids is 2. The van der Waals surface area contributed by atoms with E-state index in [0.717, 1.165) is 64.8 Å². The van der Waals surface area contributed by atoms with E-state index in [0.29, 0.717) is 43.4 Å². The van der Waals surface area contributed by atoms with Crippen molar-refractivity contribution < 1.29 is 29.3 Å². The number of cyclic esters (lactones) is 1. The second-order valence-electron chi connectivity index (χ2n) is 15.5. The van der Waals surface area contributed by atoms with E-state index >= 15 is 0 Å². The summed E-state index contributed by atoms with van der Waals surface area (Å²) >= 11 is 0. The van der Waals surface area contributed by atoms with Crippen molar-refractivity contribution in [1.82, 2.24) is 9.80 Å². The summed E-state index contributed by atoms with van der Waals surface area (Å²) in [6, 6.07) is 12.7. The van der Waals surface area contributed by atoms with Crippen molar-refractivity contribution in [1.29, 1.82) is 5.26 Å². The molecule has 0 radical (unpaired) electrons. The number of nitrogens with zero attached hydrogens (tertiary/aromatic N) is 3. The van der Waals surface area contributed by atoms with Crippen LogP contribution in [0.25, 0.3) is 0 Å². The van der Waals surface area contributed by atoms with Crippen LogP contribution in [0.15, 0.2) is 54.1 Å². The van der Waals surface area contributed by atoms with E-state index in [9.17, 15) is 25.1 Å². The molecule has 0 unspecified atom stereocenters. The van der Waals surface area contributed by atoms with Gasteiger partial charge in [-0.1, -0.05) is 76.6 Å². The van der Waals surface area contributed by atoms with Crippen molar-refractivity contribution in [3.63, 3.8) is 0 Å². The van der Waals surface area contributed by atoms with E-state index in [4.69, 9.17) is 9.47 Å². The second-order valence-corrected chi connectivity index (χ2v) is 15.5. The lowest BCUT2D eigenvalue weighted by molar-refractivity contribution is -0.161. The fourth-order valence-corrected chi connectivity index (χ4v) is 8.35. The van der Waals surface area contributed by atoms with E-state index in [2.05, 4.69) is 54.0 Å². The highest BCUT2D eigenvalue weighted by Gasteiger charge is 2.41. The van der Waals surface area contributed by atoms with Crippen LogP contribution in [0.1, 0.15) is 84.6 Å². The Morgan fingerprint density at radius 3 is 2.34 bits per heavy atom. The Kier molecular flexibility index (Phi) is 16.0. The van der Waals surface area contributed by atoms with Crippen molar-refractivity contribution in [3.8, 4) is 6.07 Å². The predicted octanol–water partition coefficient (Wildman–Crippen LogP) is 5.91. The number of hydrogen-bond donors (Lipinski definition) is 2. The van der Waals surface area contributed by atoms with Crippen LogP contribution in [-0.4, -0.2) is 89.6 Å². The predicted molar refractivity (Wildman–Crippen MR) is 194 cm³/mol. The van der Waals surface area contributed by atoms with Crippen LogP contribution < -0.4 is 0 Å². The molecule has 2 heterocycles. The van der Waals surface area contributed by atoms with Gasteiger partial charge in [0.2, 0.25) is 0 Å². The molecule has 2 fully saturated rings. The number of rotatable bonds is 7. The highest BCUT2D eigenvalue weighted by atomic mass is 16.5. The molecule has 1 saturated carbocycles. The number of benzene rings is 1. The monoisotopic (exact) mass is 691 g/mol. The molecule has 1 aromatic carbocycles. The highest BCUT2D eigenvalue weighted by molar-refractivity contribution is 5.74. The molecular formula is C41H61N3O6. The lowest BCUT2D eigenvalue weighted by Gasteiger charge is -2.34. The molecule has 1 aromatic rings. The summed E-state index contributed by atoms with van der Waals surface area (Å²) in [4.78, 5) is 31.5. The second kappa shape index (κ2) is 20.1. The number of carbonyl (C=O) groups is 2. The standard InChI is InChI=1S/C41H61N3O6/c1-29-23-30(2)25-32(4)40(47)34(27-42)13-8-9-16-38(50-39(46)26-37(45)31(3)24-29)35-14-10-15-36(35)41(48)49-22-21-43-17-19-44(20-18-43)28-33-11-6-5-7-12-33/h5-9,11-13,29-32,35-38,40,45,47H,10,14-26,28H2,1-4H3/b9-8+,34-13-/t29-,30+,31-,32-,35+,36+,37-,38-,40+/m0/s1. The van der Waals surface area contributed by atoms with Gasteiger partial charge in [0.1, 0.15) is 12.7 Å². The van der Waals surface area contributed by atoms with Crippen LogP contribution in [0, 0.1) is 46.8 Å². The fraction of sp³-hybridized carbons (Fsp3) is 0.683. The van der Waals surface area contributed by atoms with Gasteiger partial charge in [-0.2, -0.15) is 5.26 Å². The van der Waals surface area contributed by atoms with Gasteiger partial charge in [0, 0.05) is 51.6 Å². The summed E-state index contributed by atoms with van der Waals surface area (Å²) < 4.78 is 11.9. The van der Waals surface area contributed by atoms with Crippen molar-refractivity contribution in [3.05, 3.63) is 59.7 Å². The number of nitriles is 1. The van der Waals surface area contributed by atoms with Gasteiger partial charge >= 0.3 is 11.9 Å². The maximum absolute atomic E-state index is 13.4. The number of piperazine rings is 1. The highest BCUT2D eigenvalue weighted by Crippen LogP contribution is 2.38. The summed E-state index contributed by atoms with van der Waals surface area (Å²) in [6.07, 6.45) is 7.96. The molecule has 0 bridgehead atoms. The number of ether oxygens (including phenoxy) is 2. The van der Waals surface area contributed by atoms with Gasteiger partial charge in [0.25, 0.3) is 0 Å². The molecule has 9 heteroatoms. The van der Waals surface area contributed by atoms with Crippen LogP contribution in [0.3, 0.4) is 0 Å². The molecule has 4 rings (SSSR count). The molecule has 1 saturated heterocycles. The van der Waals surface area contributed by atoms with Crippen LogP contribution in [-0.2, 0) is 25.6 Å². The number of allylic oxidation sites excluding steroid dienone is 2. The molecular weight excluding hydrogens is 630 g/mol. The zero-order valence-electron chi connectivity index (χ0n) is 30.8. The van der Waals surface area contributed by atoms with Crippen LogP contribution in [0.5, 0.6) is 0 Å². The van der Waals surface area contributed by atoms with E-state index in [-0.39, 0.29) is 36.1 Å². The summed E-state index contributed by atoms with van der Waals surface area (Å²) in [5.41, 5.74) is 1.62. The molecule has 2 aliphatic heterocycles. The minimum absolute atomic E-state index is 0.0818. The first-order valence-electron chi connectivity index (χ1n) is 19.0. The third kappa shape index (κ3) is 12.3. The summed E-state index contributed by atoms with van der Waals surface area (Å²) in [5, 5.41) is 31.8. The molecule has 2 N–H and O–H groups in total. The van der Waals surface area contributed by atoms with E-state index in [1.807, 2.05) is 26.0 Å². The lowest BCUT2D eigenvalue weighted by Crippen LogP contribution is -2.47. The van der Waals surface area contributed by atoms with Gasteiger partial charge in [0.05, 0.1) is 36.2 Å². The molecule has 3 aliphatic rings. The number of aliphatic hydroxyl groups excluding tert-OH is 2. The van der Waals surface area contributed by atoms with E-state index in [1.54, 1.807) is 12.2 Å². The fourth-order valence-electron chi connectivity index (χ4n) is 8.35. The Balaban J connectivity index is 1.37. The Morgan fingerprint density at radius 1 is 0.960 bits per heavy atom. The molecule has 276 valence electrons. The molecule has 9 atom stereocenters. The Labute approximate surface area is 300 Å². The van der Waals surface area contributed by atoms with Crippen molar-refractivity contribution in [2.45, 2.75) is 104 Å². The third-order valence-electron chi connectivity index (χ3n) is 11.2. The third-order valence-corrected chi connectivity index (χ3v) is 11.2. The SMILES string of the molecule is C[C@@H]1C[C@H](C)C[C@H](C)[C@@H](O)CC(=O)O[C@H]([C@@H]2CCC[C@H]2C(=O)OCCN2CCN(Cc3ccccc3)CC2)C/C=C/C=C(/C#N)[C@H](O)[C@@H](C)C1. The van der Waals surface area contributed by atoms with E-state index < -0.39 is 24.3 Å². The van der Waals surface area contributed by atoms with Crippen LogP contribution in [0.2, 0.25) is 0 Å². The summed E-state index contributed by atoms with van der Waals surface area (Å²) in [6.45, 7) is 14.0. The first-order chi connectivity index (χ1) is 24.0. The summed E-state index contributed by atoms with van der Waals surface area (Å²) in [7, 11) is 0. The van der Waals surface area contributed by atoms with Gasteiger partial charge in [-0.3, -0.25) is 19.4 Å². The average molecular weight is 692 g/mol. The Bertz CT molecular complexity index is 1300. The van der Waals surface area contributed by atoms with Crippen LogP contribution in [0.4, 0.5) is 0 Å². The zero-order valence-corrected chi connectivity index (χ0v) is 30.8. The summed E-state index contributed by atoms with van der Waals surface area (Å²) in [5.74, 6) is -0.786. The molecule has 50 heavy (non-hydrogen) atoms. The molecule has 1 aliphatic carbocycles.